The lowest BCUT2D eigenvalue weighted by Crippen LogP contribution is -2.27. The molecule has 0 atom stereocenters. The third-order valence-electron chi connectivity index (χ3n) is 2.28. The lowest BCUT2D eigenvalue weighted by molar-refractivity contribution is 0.171. The molecule has 0 radical (unpaired) electrons. The van der Waals surface area contributed by atoms with E-state index in [1.807, 2.05) is 36.4 Å². The van der Waals surface area contributed by atoms with E-state index in [-0.39, 0.29) is 17.8 Å². The van der Waals surface area contributed by atoms with Crippen LogP contribution in [0.4, 0.5) is 15.8 Å². The summed E-state index contributed by atoms with van der Waals surface area (Å²) in [5, 5.41) is 12.1. The van der Waals surface area contributed by atoms with Crippen LogP contribution in [-0.2, 0) is 0 Å². The first-order chi connectivity index (χ1) is 7.35. The van der Waals surface area contributed by atoms with Crippen LogP contribution in [0.3, 0.4) is 0 Å². The number of anilines is 2. The molecule has 1 aromatic rings. The Labute approximate surface area is 108 Å². The highest BCUT2D eigenvalue weighted by molar-refractivity contribution is 14.1. The third kappa shape index (κ3) is 3.48. The van der Waals surface area contributed by atoms with E-state index in [1.165, 1.54) is 6.07 Å². The molecule has 3 nitrogen and oxygen atoms in total. The van der Waals surface area contributed by atoms with Gasteiger partial charge in [-0.2, -0.15) is 0 Å². The van der Waals surface area contributed by atoms with Crippen LogP contribution >= 0.6 is 22.6 Å². The lowest BCUT2D eigenvalue weighted by Gasteiger charge is -2.23. The van der Waals surface area contributed by atoms with Crippen LogP contribution in [-0.4, -0.2) is 18.3 Å². The van der Waals surface area contributed by atoms with Crippen LogP contribution in [0.2, 0.25) is 0 Å². The van der Waals surface area contributed by atoms with Crippen LogP contribution in [0.15, 0.2) is 12.1 Å². The quantitative estimate of drug-likeness (QED) is 0.584. The van der Waals surface area contributed by atoms with Crippen LogP contribution in [0.1, 0.15) is 13.8 Å². The highest BCUT2D eigenvalue weighted by atomic mass is 127. The standard InChI is InChI=1S/C11H16FIN2O/c1-11(2,6-16)5-15-10-3-7(12)8(13)4-9(10)14/h3-4,15-16H,5-6,14H2,1-2H3. The van der Waals surface area contributed by atoms with Gasteiger partial charge < -0.3 is 16.2 Å². The number of rotatable bonds is 4. The molecule has 0 fully saturated rings. The third-order valence-corrected chi connectivity index (χ3v) is 3.10. The van der Waals surface area contributed by atoms with Crippen LogP contribution in [0.5, 0.6) is 0 Å². The van der Waals surface area contributed by atoms with Gasteiger partial charge in [0.1, 0.15) is 5.82 Å². The molecule has 16 heavy (non-hydrogen) atoms. The van der Waals surface area contributed by atoms with E-state index in [2.05, 4.69) is 5.32 Å². The minimum atomic E-state index is -0.292. The molecule has 0 heterocycles. The molecule has 4 N–H and O–H groups in total. The van der Waals surface area contributed by atoms with E-state index in [1.54, 1.807) is 6.07 Å². The summed E-state index contributed by atoms with van der Waals surface area (Å²) in [6.45, 7) is 4.43. The van der Waals surface area contributed by atoms with Gasteiger partial charge in [-0.05, 0) is 28.7 Å². The highest BCUT2D eigenvalue weighted by Crippen LogP contribution is 2.25. The SMILES string of the molecule is CC(C)(CO)CNc1cc(F)c(I)cc1N. The number of nitrogen functional groups attached to an aromatic ring is 1. The van der Waals surface area contributed by atoms with Crippen LogP contribution < -0.4 is 11.1 Å². The van der Waals surface area contributed by atoms with Crippen LogP contribution in [0, 0.1) is 14.8 Å². The van der Waals surface area contributed by atoms with Gasteiger partial charge in [0.2, 0.25) is 0 Å². The summed E-state index contributed by atoms with van der Waals surface area (Å²) in [5.74, 6) is -0.292. The Morgan fingerprint density at radius 1 is 1.50 bits per heavy atom. The van der Waals surface area contributed by atoms with Crippen molar-refractivity contribution in [3.63, 3.8) is 0 Å². The van der Waals surface area contributed by atoms with Gasteiger partial charge >= 0.3 is 0 Å². The predicted molar refractivity (Wildman–Crippen MR) is 72.9 cm³/mol. The van der Waals surface area contributed by atoms with E-state index >= 15 is 0 Å². The molecule has 1 aromatic carbocycles. The first-order valence-electron chi connectivity index (χ1n) is 4.95. The smallest absolute Gasteiger partial charge is 0.138 e. The van der Waals surface area contributed by atoms with Crippen molar-refractivity contribution in [1.29, 1.82) is 0 Å². The lowest BCUT2D eigenvalue weighted by atomic mass is 9.95. The van der Waals surface area contributed by atoms with Crippen molar-refractivity contribution in [3.05, 3.63) is 21.5 Å². The first kappa shape index (κ1) is 13.5. The number of aliphatic hydroxyl groups is 1. The Kier molecular flexibility index (Phi) is 4.37. The zero-order chi connectivity index (χ0) is 12.3. The number of halogens is 2. The fourth-order valence-electron chi connectivity index (χ4n) is 1.11. The summed E-state index contributed by atoms with van der Waals surface area (Å²) >= 11 is 1.90. The van der Waals surface area contributed by atoms with Gasteiger partial charge in [0.25, 0.3) is 0 Å². The summed E-state index contributed by atoms with van der Waals surface area (Å²) in [7, 11) is 0. The second kappa shape index (κ2) is 5.18. The molecule has 0 saturated carbocycles. The van der Waals surface area contributed by atoms with Gasteiger partial charge in [-0.3, -0.25) is 0 Å². The number of benzene rings is 1. The van der Waals surface area contributed by atoms with Crippen molar-refractivity contribution >= 4 is 34.0 Å². The molecule has 90 valence electrons. The average molecular weight is 338 g/mol. The van der Waals surface area contributed by atoms with Gasteiger partial charge in [0.15, 0.2) is 0 Å². The second-order valence-corrected chi connectivity index (χ2v) is 5.69. The normalized spacial score (nSPS) is 11.6. The number of aliphatic hydroxyl groups excluding tert-OH is 1. The molecule has 0 aromatic heterocycles. The Morgan fingerprint density at radius 2 is 2.12 bits per heavy atom. The molecule has 5 heteroatoms. The average Bonchev–Trinajstić information content (AvgIpc) is 2.22. The Morgan fingerprint density at radius 3 is 2.69 bits per heavy atom. The minimum Gasteiger partial charge on any atom is -0.397 e. The molecule has 0 aliphatic heterocycles. The number of nitrogens with one attached hydrogen (secondary N) is 1. The number of hydrogen-bond acceptors (Lipinski definition) is 3. The Hall–Kier alpha value is -0.560. The van der Waals surface area contributed by atoms with E-state index < -0.39 is 0 Å². The van der Waals surface area contributed by atoms with Crippen molar-refractivity contribution in [2.24, 2.45) is 5.41 Å². The summed E-state index contributed by atoms with van der Waals surface area (Å²) in [5.41, 5.74) is 6.59. The maximum Gasteiger partial charge on any atom is 0.138 e. The fourth-order valence-corrected chi connectivity index (χ4v) is 1.60. The van der Waals surface area contributed by atoms with E-state index in [4.69, 9.17) is 10.8 Å². The molecule has 0 saturated heterocycles. The van der Waals surface area contributed by atoms with Crippen molar-refractivity contribution < 1.29 is 9.50 Å². The maximum absolute atomic E-state index is 13.3. The molecular weight excluding hydrogens is 322 g/mol. The zero-order valence-electron chi connectivity index (χ0n) is 9.35. The first-order valence-corrected chi connectivity index (χ1v) is 6.03. The Bertz CT molecular complexity index is 382. The van der Waals surface area contributed by atoms with Gasteiger partial charge in [-0.25, -0.2) is 4.39 Å². The van der Waals surface area contributed by atoms with Gasteiger partial charge in [0, 0.05) is 24.6 Å². The summed E-state index contributed by atoms with van der Waals surface area (Å²) < 4.78 is 13.8. The maximum atomic E-state index is 13.3. The summed E-state index contributed by atoms with van der Waals surface area (Å²) in [6.07, 6.45) is 0. The van der Waals surface area contributed by atoms with Crippen molar-refractivity contribution in [3.8, 4) is 0 Å². The number of nitrogens with two attached hydrogens (primary N) is 1. The van der Waals surface area contributed by atoms with E-state index in [0.29, 0.717) is 21.5 Å². The Balaban J connectivity index is 2.79. The fraction of sp³-hybridized carbons (Fsp3) is 0.455. The van der Waals surface area contributed by atoms with Crippen molar-refractivity contribution in [1.82, 2.24) is 0 Å². The summed E-state index contributed by atoms with van der Waals surface area (Å²) in [6, 6.07) is 2.97. The topological polar surface area (TPSA) is 58.3 Å². The van der Waals surface area contributed by atoms with E-state index in [9.17, 15) is 4.39 Å². The van der Waals surface area contributed by atoms with Crippen molar-refractivity contribution in [2.45, 2.75) is 13.8 Å². The molecule has 0 amide bonds. The van der Waals surface area contributed by atoms with Crippen molar-refractivity contribution in [2.75, 3.05) is 24.2 Å². The summed E-state index contributed by atoms with van der Waals surface area (Å²) in [4.78, 5) is 0. The molecule has 0 aliphatic carbocycles. The molecule has 0 aliphatic rings. The minimum absolute atomic E-state index is 0.0623. The van der Waals surface area contributed by atoms with Gasteiger partial charge in [0.05, 0.1) is 14.9 Å². The second-order valence-electron chi connectivity index (χ2n) is 4.53. The molecule has 0 spiro atoms. The molecular formula is C11H16FIN2O. The zero-order valence-corrected chi connectivity index (χ0v) is 11.5. The predicted octanol–water partition coefficient (Wildman–Crippen LogP) is 2.44. The van der Waals surface area contributed by atoms with Gasteiger partial charge in [-0.1, -0.05) is 13.8 Å². The molecule has 0 bridgehead atoms. The molecule has 0 unspecified atom stereocenters. The van der Waals surface area contributed by atoms with E-state index in [0.717, 1.165) is 0 Å². The van der Waals surface area contributed by atoms with Crippen LogP contribution in [0.25, 0.3) is 0 Å². The monoisotopic (exact) mass is 338 g/mol. The highest BCUT2D eigenvalue weighted by Gasteiger charge is 2.16. The largest absolute Gasteiger partial charge is 0.397 e. The number of hydrogen-bond donors (Lipinski definition) is 3. The molecule has 1 rings (SSSR count). The van der Waals surface area contributed by atoms with Gasteiger partial charge in [-0.15, -0.1) is 0 Å².